The molecule has 6 heteroatoms. The summed E-state index contributed by atoms with van der Waals surface area (Å²) in [5, 5.41) is 7.73. The third kappa shape index (κ3) is 6.18. The standard InChI is InChI=1S/C24H36N4O2/c1-8-9-14-27(23(30)17(2)3)16-22(29)25-21-15-20(24(5,6)7)26-28(21)19-12-10-18(4)11-13-19/h10-13,15,17H,8-9,14,16H2,1-7H3,(H,25,29). The van der Waals surface area contributed by atoms with Crippen LogP contribution in [0.4, 0.5) is 5.82 Å². The molecule has 0 radical (unpaired) electrons. The number of hydrogen-bond acceptors (Lipinski definition) is 3. The molecule has 0 saturated heterocycles. The van der Waals surface area contributed by atoms with E-state index in [0.29, 0.717) is 12.4 Å². The SMILES string of the molecule is CCCCN(CC(=O)Nc1cc(C(C)(C)C)nn1-c1ccc(C)cc1)C(=O)C(C)C. The molecule has 0 spiro atoms. The molecule has 1 aromatic heterocycles. The van der Waals surface area contributed by atoms with Gasteiger partial charge in [0.15, 0.2) is 0 Å². The van der Waals surface area contributed by atoms with Gasteiger partial charge in [-0.2, -0.15) is 5.10 Å². The van der Waals surface area contributed by atoms with Crippen LogP contribution in [-0.2, 0) is 15.0 Å². The number of benzene rings is 1. The van der Waals surface area contributed by atoms with Crippen LogP contribution in [0.2, 0.25) is 0 Å². The van der Waals surface area contributed by atoms with Crippen molar-refractivity contribution in [2.45, 2.75) is 66.7 Å². The fourth-order valence-corrected chi connectivity index (χ4v) is 3.06. The lowest BCUT2D eigenvalue weighted by molar-refractivity contribution is -0.137. The van der Waals surface area contributed by atoms with Gasteiger partial charge in [0.05, 0.1) is 17.9 Å². The molecule has 1 heterocycles. The minimum Gasteiger partial charge on any atom is -0.333 e. The van der Waals surface area contributed by atoms with Crippen LogP contribution in [0.3, 0.4) is 0 Å². The molecule has 0 aliphatic heterocycles. The second-order valence-corrected chi connectivity index (χ2v) is 9.23. The van der Waals surface area contributed by atoms with Crippen LogP contribution in [0.5, 0.6) is 0 Å². The summed E-state index contributed by atoms with van der Waals surface area (Å²) < 4.78 is 1.76. The van der Waals surface area contributed by atoms with Crippen LogP contribution >= 0.6 is 0 Å². The van der Waals surface area contributed by atoms with E-state index in [9.17, 15) is 9.59 Å². The molecule has 2 amide bonds. The van der Waals surface area contributed by atoms with Crippen LogP contribution < -0.4 is 5.32 Å². The van der Waals surface area contributed by atoms with E-state index in [-0.39, 0.29) is 29.7 Å². The number of rotatable bonds is 8. The molecule has 2 aromatic rings. The van der Waals surface area contributed by atoms with E-state index >= 15 is 0 Å². The first-order chi connectivity index (χ1) is 14.0. The van der Waals surface area contributed by atoms with Crippen LogP contribution in [0.15, 0.2) is 30.3 Å². The van der Waals surface area contributed by atoms with Crippen molar-refractivity contribution in [2.75, 3.05) is 18.4 Å². The lowest BCUT2D eigenvalue weighted by Crippen LogP contribution is -2.40. The number of carbonyl (C=O) groups is 2. The first-order valence-corrected chi connectivity index (χ1v) is 10.8. The van der Waals surface area contributed by atoms with Gasteiger partial charge < -0.3 is 10.2 Å². The predicted octanol–water partition coefficient (Wildman–Crippen LogP) is 4.70. The second-order valence-electron chi connectivity index (χ2n) is 9.23. The third-order valence-electron chi connectivity index (χ3n) is 4.95. The van der Waals surface area contributed by atoms with Gasteiger partial charge in [0.2, 0.25) is 11.8 Å². The maximum Gasteiger partial charge on any atom is 0.245 e. The average Bonchev–Trinajstić information content (AvgIpc) is 3.09. The highest BCUT2D eigenvalue weighted by Gasteiger charge is 2.23. The number of hydrogen-bond donors (Lipinski definition) is 1. The van der Waals surface area contributed by atoms with Gasteiger partial charge in [0.25, 0.3) is 0 Å². The number of anilines is 1. The van der Waals surface area contributed by atoms with E-state index in [1.807, 2.05) is 51.1 Å². The summed E-state index contributed by atoms with van der Waals surface area (Å²) in [6.45, 7) is 14.7. The van der Waals surface area contributed by atoms with Crippen LogP contribution in [0.1, 0.15) is 65.6 Å². The highest BCUT2D eigenvalue weighted by atomic mass is 16.2. The topological polar surface area (TPSA) is 67.2 Å². The molecule has 0 atom stereocenters. The molecule has 0 aliphatic rings. The normalized spacial score (nSPS) is 11.6. The Morgan fingerprint density at radius 1 is 1.17 bits per heavy atom. The van der Waals surface area contributed by atoms with Crippen molar-refractivity contribution in [3.63, 3.8) is 0 Å². The number of unbranched alkanes of at least 4 members (excludes halogenated alkanes) is 1. The summed E-state index contributed by atoms with van der Waals surface area (Å²) in [4.78, 5) is 27.0. The number of carbonyl (C=O) groups excluding carboxylic acids is 2. The minimum absolute atomic E-state index is 0.000947. The molecule has 2 rings (SSSR count). The van der Waals surface area contributed by atoms with Gasteiger partial charge in [-0.1, -0.05) is 65.7 Å². The number of nitrogens with zero attached hydrogens (tertiary/aromatic N) is 3. The molecule has 0 saturated carbocycles. The molecular formula is C24H36N4O2. The van der Waals surface area contributed by atoms with Crippen molar-refractivity contribution in [2.24, 2.45) is 5.92 Å². The Morgan fingerprint density at radius 3 is 2.33 bits per heavy atom. The Morgan fingerprint density at radius 2 is 1.80 bits per heavy atom. The van der Waals surface area contributed by atoms with E-state index in [0.717, 1.165) is 29.8 Å². The number of nitrogens with one attached hydrogen (secondary N) is 1. The lowest BCUT2D eigenvalue weighted by atomic mass is 9.92. The Balaban J connectivity index is 2.28. The van der Waals surface area contributed by atoms with E-state index < -0.39 is 0 Å². The molecular weight excluding hydrogens is 376 g/mol. The summed E-state index contributed by atoms with van der Waals surface area (Å²) >= 11 is 0. The average molecular weight is 413 g/mol. The summed E-state index contributed by atoms with van der Waals surface area (Å²) in [6, 6.07) is 9.93. The summed E-state index contributed by atoms with van der Waals surface area (Å²) in [6.07, 6.45) is 1.85. The summed E-state index contributed by atoms with van der Waals surface area (Å²) in [7, 11) is 0. The largest absolute Gasteiger partial charge is 0.333 e. The number of aryl methyl sites for hydroxylation is 1. The Hall–Kier alpha value is -2.63. The summed E-state index contributed by atoms with van der Waals surface area (Å²) in [5.74, 6) is 0.260. The summed E-state index contributed by atoms with van der Waals surface area (Å²) in [5.41, 5.74) is 2.77. The first-order valence-electron chi connectivity index (χ1n) is 10.8. The quantitative estimate of drug-likeness (QED) is 0.683. The van der Waals surface area contributed by atoms with Crippen molar-refractivity contribution in [3.8, 4) is 5.69 Å². The molecule has 1 N–H and O–H groups in total. The van der Waals surface area contributed by atoms with Crippen LogP contribution in [0, 0.1) is 12.8 Å². The van der Waals surface area contributed by atoms with Gasteiger partial charge in [-0.3, -0.25) is 9.59 Å². The molecule has 0 fully saturated rings. The second kappa shape index (κ2) is 9.92. The molecule has 6 nitrogen and oxygen atoms in total. The van der Waals surface area contributed by atoms with Crippen molar-refractivity contribution < 1.29 is 9.59 Å². The van der Waals surface area contributed by atoms with E-state index in [4.69, 9.17) is 5.10 Å². The zero-order chi connectivity index (χ0) is 22.5. The van der Waals surface area contributed by atoms with Crippen molar-refractivity contribution in [3.05, 3.63) is 41.6 Å². The lowest BCUT2D eigenvalue weighted by Gasteiger charge is -2.24. The van der Waals surface area contributed by atoms with E-state index in [1.165, 1.54) is 0 Å². The Kier molecular flexibility index (Phi) is 7.82. The molecule has 0 bridgehead atoms. The third-order valence-corrected chi connectivity index (χ3v) is 4.95. The zero-order valence-electron chi connectivity index (χ0n) is 19.5. The highest BCUT2D eigenvalue weighted by molar-refractivity contribution is 5.94. The van der Waals surface area contributed by atoms with Crippen LogP contribution in [0.25, 0.3) is 5.69 Å². The van der Waals surface area contributed by atoms with Crippen LogP contribution in [-0.4, -0.2) is 39.6 Å². The first kappa shape index (κ1) is 23.6. The number of amides is 2. The van der Waals surface area contributed by atoms with Gasteiger partial charge >= 0.3 is 0 Å². The maximum absolute atomic E-state index is 12.9. The van der Waals surface area contributed by atoms with Gasteiger partial charge in [-0.25, -0.2) is 4.68 Å². The number of aromatic nitrogens is 2. The van der Waals surface area contributed by atoms with Gasteiger partial charge in [-0.15, -0.1) is 0 Å². The predicted molar refractivity (Wildman–Crippen MR) is 122 cm³/mol. The van der Waals surface area contributed by atoms with Crippen molar-refractivity contribution in [1.82, 2.24) is 14.7 Å². The Bertz CT molecular complexity index is 860. The molecule has 1 aromatic carbocycles. The van der Waals surface area contributed by atoms with Gasteiger partial charge in [0.1, 0.15) is 5.82 Å². The highest BCUT2D eigenvalue weighted by Crippen LogP contribution is 2.26. The van der Waals surface area contributed by atoms with Gasteiger partial charge in [-0.05, 0) is 25.5 Å². The molecule has 164 valence electrons. The monoisotopic (exact) mass is 412 g/mol. The fraction of sp³-hybridized carbons (Fsp3) is 0.542. The minimum atomic E-state index is -0.214. The molecule has 0 unspecified atom stereocenters. The van der Waals surface area contributed by atoms with Crippen molar-refractivity contribution in [1.29, 1.82) is 0 Å². The Labute approximate surface area is 180 Å². The van der Waals surface area contributed by atoms with Gasteiger partial charge in [0, 0.05) is 23.9 Å². The molecule has 30 heavy (non-hydrogen) atoms. The smallest absolute Gasteiger partial charge is 0.245 e. The van der Waals surface area contributed by atoms with E-state index in [1.54, 1.807) is 9.58 Å². The maximum atomic E-state index is 12.9. The zero-order valence-corrected chi connectivity index (χ0v) is 19.5. The molecule has 0 aliphatic carbocycles. The fourth-order valence-electron chi connectivity index (χ4n) is 3.06. The van der Waals surface area contributed by atoms with Crippen molar-refractivity contribution >= 4 is 17.6 Å². The van der Waals surface area contributed by atoms with E-state index in [2.05, 4.69) is 33.0 Å².